The quantitative estimate of drug-likeness (QED) is 0.270. The van der Waals surface area contributed by atoms with E-state index in [9.17, 15) is 0 Å². The van der Waals surface area contributed by atoms with Gasteiger partial charge in [-0.2, -0.15) is 0 Å². The Bertz CT molecular complexity index is 1770. The summed E-state index contributed by atoms with van der Waals surface area (Å²) < 4.78 is 38.6. The fourth-order valence-corrected chi connectivity index (χ4v) is 4.52. The van der Waals surface area contributed by atoms with Crippen LogP contribution in [0, 0.1) is 6.85 Å². The molecule has 0 aliphatic carbocycles. The highest BCUT2D eigenvalue weighted by atomic mass is 16.3. The largest absolute Gasteiger partial charge is 0.455 e. The lowest BCUT2D eigenvalue weighted by Gasteiger charge is -2.11. The van der Waals surface area contributed by atoms with Crippen molar-refractivity contribution in [2.24, 2.45) is 0 Å². The third-order valence-corrected chi connectivity index (χ3v) is 6.08. The Morgan fingerprint density at radius 1 is 0.839 bits per heavy atom. The molecule has 2 aromatic heterocycles. The summed E-state index contributed by atoms with van der Waals surface area (Å²) in [4.78, 5) is 4.50. The summed E-state index contributed by atoms with van der Waals surface area (Å²) in [5, 5.41) is 6.63. The van der Waals surface area contributed by atoms with Crippen LogP contribution in [0.25, 0.3) is 54.7 Å². The Kier molecular flexibility index (Phi) is 3.10. The number of aryl methyl sites for hydroxylation is 1. The topological polar surface area (TPSA) is 26.0 Å². The number of aromatic nitrogens is 1. The van der Waals surface area contributed by atoms with Gasteiger partial charge in [0.15, 0.2) is 0 Å². The molecule has 0 fully saturated rings. The van der Waals surface area contributed by atoms with E-state index in [4.69, 9.17) is 9.90 Å². The molecule has 0 spiro atoms. The van der Waals surface area contributed by atoms with E-state index in [0.717, 1.165) is 32.7 Å². The van der Waals surface area contributed by atoms with Gasteiger partial charge in [-0.05, 0) is 69.7 Å². The molecule has 2 heteroatoms. The van der Waals surface area contributed by atoms with Crippen molar-refractivity contribution < 1.29 is 9.90 Å². The zero-order valence-corrected chi connectivity index (χ0v) is 17.4. The van der Waals surface area contributed by atoms with Crippen LogP contribution >= 0.6 is 0 Å². The van der Waals surface area contributed by atoms with Crippen molar-refractivity contribution in [1.29, 1.82) is 0 Å². The van der Waals surface area contributed by atoms with Gasteiger partial charge in [0.25, 0.3) is 0 Å². The van der Waals surface area contributed by atoms with Gasteiger partial charge in [0.2, 0.25) is 0 Å². The molecule has 2 heterocycles. The Morgan fingerprint density at radius 2 is 1.68 bits per heavy atom. The smallest absolute Gasteiger partial charge is 0.144 e. The van der Waals surface area contributed by atoms with Crippen molar-refractivity contribution in [2.75, 3.05) is 0 Å². The number of pyridine rings is 1. The van der Waals surface area contributed by atoms with E-state index in [1.165, 1.54) is 17.0 Å². The molecule has 0 aliphatic rings. The van der Waals surface area contributed by atoms with Gasteiger partial charge in [-0.3, -0.25) is 4.98 Å². The van der Waals surface area contributed by atoms with Crippen LogP contribution in [0.3, 0.4) is 0 Å². The fraction of sp³-hybridized carbons (Fsp3) is 0.138. The second kappa shape index (κ2) is 6.68. The Hall–Kier alpha value is -3.65. The van der Waals surface area contributed by atoms with E-state index in [0.29, 0.717) is 16.8 Å². The molecule has 4 aromatic carbocycles. The van der Waals surface area contributed by atoms with E-state index >= 15 is 0 Å². The summed E-state index contributed by atoms with van der Waals surface area (Å²) in [5.74, 6) is -1.10. The molecule has 31 heavy (non-hydrogen) atoms. The minimum absolute atomic E-state index is 0.108. The molecule has 0 N–H and O–H groups in total. The second-order valence-corrected chi connectivity index (χ2v) is 8.26. The predicted molar refractivity (Wildman–Crippen MR) is 131 cm³/mol. The number of fused-ring (bicyclic) bond motifs is 6. The summed E-state index contributed by atoms with van der Waals surface area (Å²) in [7, 11) is 0. The van der Waals surface area contributed by atoms with Crippen LogP contribution in [0.4, 0.5) is 0 Å². The molecule has 0 unspecified atom stereocenters. The highest BCUT2D eigenvalue weighted by molar-refractivity contribution is 6.17. The van der Waals surface area contributed by atoms with E-state index in [1.54, 1.807) is 19.9 Å². The van der Waals surface area contributed by atoms with Gasteiger partial charge >= 0.3 is 0 Å². The third kappa shape index (κ3) is 2.75. The first-order chi connectivity index (χ1) is 16.6. The van der Waals surface area contributed by atoms with Crippen LogP contribution in [0.15, 0.2) is 83.4 Å². The molecule has 0 aliphatic heterocycles. The lowest BCUT2D eigenvalue weighted by atomic mass is 9.96. The molecule has 0 amide bonds. The lowest BCUT2D eigenvalue weighted by Crippen LogP contribution is -1.95. The maximum atomic E-state index is 8.55. The Balaban J connectivity index is 1.62. The predicted octanol–water partition coefficient (Wildman–Crippen LogP) is 8.39. The van der Waals surface area contributed by atoms with Crippen molar-refractivity contribution in [3.05, 3.63) is 90.1 Å². The average molecular weight is 406 g/mol. The molecule has 0 saturated carbocycles. The maximum absolute atomic E-state index is 8.55. The standard InChI is InChI=1S/C29H23NO/c1-17(2)24-14-27(30-16-18(24)3)23-10-6-9-22-26-13-20-12-11-19-7-4-5-8-21(19)25(20)15-28(26)31-29(22)23/h4-17H,1-3H3/i3D3,17D. The fourth-order valence-electron chi connectivity index (χ4n) is 4.52. The molecule has 0 bridgehead atoms. The van der Waals surface area contributed by atoms with E-state index in [1.807, 2.05) is 30.3 Å². The summed E-state index contributed by atoms with van der Waals surface area (Å²) >= 11 is 0. The van der Waals surface area contributed by atoms with E-state index < -0.39 is 12.7 Å². The number of hydrogen-bond donors (Lipinski definition) is 0. The van der Waals surface area contributed by atoms with Crippen LogP contribution in [-0.2, 0) is 0 Å². The SMILES string of the molecule is [2H]C([2H])([2H])c1cnc(-c2cccc3c2oc2cc4c(ccc5ccccc54)cc23)cc1C([2H])(C)C. The van der Waals surface area contributed by atoms with Gasteiger partial charge in [-0.25, -0.2) is 0 Å². The zero-order valence-electron chi connectivity index (χ0n) is 21.4. The molecular formula is C29H23NO. The monoisotopic (exact) mass is 405 g/mol. The first-order valence-electron chi connectivity index (χ1n) is 12.4. The summed E-state index contributed by atoms with van der Waals surface area (Å²) in [5.41, 5.74) is 3.40. The van der Waals surface area contributed by atoms with Crippen molar-refractivity contribution in [2.45, 2.75) is 26.6 Å². The molecular weight excluding hydrogens is 378 g/mol. The first-order valence-corrected chi connectivity index (χ1v) is 10.4. The summed E-state index contributed by atoms with van der Waals surface area (Å²) in [6.07, 6.45) is 1.38. The molecule has 0 radical (unpaired) electrons. The van der Waals surface area contributed by atoms with Crippen molar-refractivity contribution in [3.63, 3.8) is 0 Å². The van der Waals surface area contributed by atoms with Crippen molar-refractivity contribution >= 4 is 43.5 Å². The van der Waals surface area contributed by atoms with Gasteiger partial charge in [-0.1, -0.05) is 62.4 Å². The minimum atomic E-state index is -2.34. The molecule has 150 valence electrons. The van der Waals surface area contributed by atoms with Crippen LogP contribution in [0.2, 0.25) is 0 Å². The third-order valence-electron chi connectivity index (χ3n) is 6.08. The van der Waals surface area contributed by atoms with Gasteiger partial charge in [-0.15, -0.1) is 0 Å². The minimum Gasteiger partial charge on any atom is -0.455 e. The van der Waals surface area contributed by atoms with Gasteiger partial charge in [0.05, 0.1) is 5.69 Å². The molecule has 0 saturated heterocycles. The molecule has 0 atom stereocenters. The summed E-state index contributed by atoms with van der Waals surface area (Å²) in [6, 6.07) is 24.5. The first kappa shape index (κ1) is 14.4. The van der Waals surface area contributed by atoms with E-state index in [2.05, 4.69) is 41.4 Å². The van der Waals surface area contributed by atoms with Crippen LogP contribution in [0.1, 0.15) is 36.4 Å². The summed E-state index contributed by atoms with van der Waals surface area (Å²) in [6.45, 7) is 1.05. The maximum Gasteiger partial charge on any atom is 0.144 e. The average Bonchev–Trinajstić information content (AvgIpc) is 3.19. The molecule has 6 rings (SSSR count). The molecule has 2 nitrogen and oxygen atoms in total. The van der Waals surface area contributed by atoms with E-state index in [-0.39, 0.29) is 5.56 Å². The zero-order chi connectivity index (χ0) is 24.5. The van der Waals surface area contributed by atoms with Crippen LogP contribution < -0.4 is 0 Å². The number of furan rings is 1. The number of nitrogens with zero attached hydrogens (tertiary/aromatic N) is 1. The Labute approximate surface area is 186 Å². The van der Waals surface area contributed by atoms with Gasteiger partial charge in [0.1, 0.15) is 11.2 Å². The van der Waals surface area contributed by atoms with Crippen molar-refractivity contribution in [3.8, 4) is 11.3 Å². The lowest BCUT2D eigenvalue weighted by molar-refractivity contribution is 0.670. The van der Waals surface area contributed by atoms with Crippen molar-refractivity contribution in [1.82, 2.24) is 4.98 Å². The number of rotatable bonds is 2. The highest BCUT2D eigenvalue weighted by Crippen LogP contribution is 2.39. The second-order valence-electron chi connectivity index (χ2n) is 8.26. The normalized spacial score (nSPS) is 14.6. The Morgan fingerprint density at radius 3 is 2.55 bits per heavy atom. The van der Waals surface area contributed by atoms with Crippen LogP contribution in [-0.4, -0.2) is 4.98 Å². The highest BCUT2D eigenvalue weighted by Gasteiger charge is 2.16. The molecule has 6 aromatic rings. The van der Waals surface area contributed by atoms with Gasteiger partial charge < -0.3 is 4.42 Å². The van der Waals surface area contributed by atoms with Gasteiger partial charge in [0, 0.05) is 28.0 Å². The van der Waals surface area contributed by atoms with Crippen LogP contribution in [0.5, 0.6) is 0 Å². The number of para-hydroxylation sites is 1. The number of hydrogen-bond acceptors (Lipinski definition) is 2. The number of benzene rings is 4.